The van der Waals surface area contributed by atoms with Crippen LogP contribution in [-0.2, 0) is 30.3 Å². The molecule has 3 atom stereocenters. The smallest absolute Gasteiger partial charge is 0.304 e. The molecule has 2 amide bonds. The number of amides is 2. The summed E-state index contributed by atoms with van der Waals surface area (Å²) in [6.45, 7) is 1.16. The van der Waals surface area contributed by atoms with E-state index in [2.05, 4.69) is 5.32 Å². The molecule has 2 aromatic rings. The van der Waals surface area contributed by atoms with Gasteiger partial charge >= 0.3 is 5.97 Å². The molecular weight excluding hydrogens is 406 g/mol. The molecule has 0 radical (unpaired) electrons. The molecule has 3 rings (SSSR count). The Labute approximate surface area is 177 Å². The third-order valence-electron chi connectivity index (χ3n) is 4.56. The van der Waals surface area contributed by atoms with E-state index in [-0.39, 0.29) is 6.42 Å². The first-order valence-electron chi connectivity index (χ1n) is 9.21. The average molecular weight is 427 g/mol. The summed E-state index contributed by atoms with van der Waals surface area (Å²) in [6.07, 6.45) is 1.97. The summed E-state index contributed by atoms with van der Waals surface area (Å²) < 4.78 is 5.00. The van der Waals surface area contributed by atoms with Gasteiger partial charge in [-0.15, -0.1) is 11.3 Å². The Hall–Kier alpha value is -3.30. The van der Waals surface area contributed by atoms with Gasteiger partial charge < -0.3 is 10.1 Å². The second-order valence-electron chi connectivity index (χ2n) is 6.73. The maximum atomic E-state index is 13.1. The summed E-state index contributed by atoms with van der Waals surface area (Å²) in [4.78, 5) is 49.9. The Morgan fingerprint density at radius 3 is 2.60 bits per heavy atom. The zero-order chi connectivity index (χ0) is 21.7. The standard InChI is InChI=1S/C21H21N3O5S/c1-13(25)29-21-18(20(28)24(21)22)19(27)16(12-14-6-3-2-4-7-14)23-17(26)10-9-15-8-5-11-30-15/h2-11,16,18,21H,12,22H2,1H3,(H,23,26)/t16-,18-,21-/m0/s1. The maximum Gasteiger partial charge on any atom is 0.304 e. The van der Waals surface area contributed by atoms with Crippen LogP contribution in [0.4, 0.5) is 0 Å². The zero-order valence-electron chi connectivity index (χ0n) is 16.2. The number of ketones is 1. The van der Waals surface area contributed by atoms with Gasteiger partial charge in [0.1, 0.15) is 0 Å². The lowest BCUT2D eigenvalue weighted by molar-refractivity contribution is -0.199. The number of benzene rings is 1. The van der Waals surface area contributed by atoms with E-state index < -0.39 is 41.8 Å². The summed E-state index contributed by atoms with van der Waals surface area (Å²) >= 11 is 1.47. The molecule has 2 heterocycles. The molecule has 1 saturated heterocycles. The lowest BCUT2D eigenvalue weighted by atomic mass is 9.86. The van der Waals surface area contributed by atoms with E-state index >= 15 is 0 Å². The number of carbonyl (C=O) groups is 4. The number of ether oxygens (including phenoxy) is 1. The molecule has 3 N–H and O–H groups in total. The first-order valence-corrected chi connectivity index (χ1v) is 10.1. The number of thiophene rings is 1. The van der Waals surface area contributed by atoms with Gasteiger partial charge in [-0.3, -0.25) is 19.2 Å². The predicted octanol–water partition coefficient (Wildman–Crippen LogP) is 1.28. The van der Waals surface area contributed by atoms with Crippen molar-refractivity contribution in [3.8, 4) is 0 Å². The van der Waals surface area contributed by atoms with Crippen molar-refractivity contribution in [2.24, 2.45) is 11.8 Å². The van der Waals surface area contributed by atoms with Crippen LogP contribution >= 0.6 is 11.3 Å². The fraction of sp³-hybridized carbons (Fsp3) is 0.238. The molecule has 0 aliphatic carbocycles. The van der Waals surface area contributed by atoms with Crippen molar-refractivity contribution in [2.45, 2.75) is 25.6 Å². The molecule has 1 aromatic heterocycles. The lowest BCUT2D eigenvalue weighted by Gasteiger charge is -2.42. The highest BCUT2D eigenvalue weighted by molar-refractivity contribution is 7.10. The summed E-state index contributed by atoms with van der Waals surface area (Å²) in [7, 11) is 0. The Bertz CT molecular complexity index is 958. The normalized spacial score (nSPS) is 19.3. The summed E-state index contributed by atoms with van der Waals surface area (Å²) in [5.41, 5.74) is 0.804. The fourth-order valence-electron chi connectivity index (χ4n) is 3.10. The molecule has 0 bridgehead atoms. The minimum absolute atomic E-state index is 0.180. The number of rotatable bonds is 8. The van der Waals surface area contributed by atoms with Crippen LogP contribution in [0.5, 0.6) is 0 Å². The molecule has 1 aliphatic heterocycles. The highest BCUT2D eigenvalue weighted by Crippen LogP contribution is 2.27. The van der Waals surface area contributed by atoms with Crippen molar-refractivity contribution >= 4 is 41.0 Å². The van der Waals surface area contributed by atoms with Crippen LogP contribution in [0, 0.1) is 5.92 Å². The minimum atomic E-state index is -1.26. The van der Waals surface area contributed by atoms with Crippen LogP contribution in [0.15, 0.2) is 53.9 Å². The highest BCUT2D eigenvalue weighted by atomic mass is 32.1. The van der Waals surface area contributed by atoms with Crippen molar-refractivity contribution in [1.82, 2.24) is 10.3 Å². The number of nitrogens with two attached hydrogens (primary N) is 1. The van der Waals surface area contributed by atoms with Crippen LogP contribution in [0.1, 0.15) is 17.4 Å². The SMILES string of the molecule is CC(=O)O[C@H]1[C@@H](C(=O)[C@H](Cc2ccccc2)NC(=O)C=Cc2cccs2)C(=O)N1N. The van der Waals surface area contributed by atoms with Gasteiger partial charge in [-0.05, 0) is 29.5 Å². The number of hydrogen-bond acceptors (Lipinski definition) is 7. The predicted molar refractivity (Wildman–Crippen MR) is 111 cm³/mol. The zero-order valence-corrected chi connectivity index (χ0v) is 17.0. The van der Waals surface area contributed by atoms with Gasteiger partial charge in [0.15, 0.2) is 11.7 Å². The number of Topliss-reactive ketones (excluding diaryl/α,β-unsaturated/α-hetero) is 1. The van der Waals surface area contributed by atoms with Gasteiger partial charge in [-0.25, -0.2) is 10.9 Å². The van der Waals surface area contributed by atoms with Crippen molar-refractivity contribution in [3.63, 3.8) is 0 Å². The Morgan fingerprint density at radius 1 is 1.23 bits per heavy atom. The maximum absolute atomic E-state index is 13.1. The van der Waals surface area contributed by atoms with Crippen LogP contribution < -0.4 is 11.2 Å². The van der Waals surface area contributed by atoms with Gasteiger partial charge in [0, 0.05) is 17.9 Å². The molecule has 156 valence electrons. The van der Waals surface area contributed by atoms with E-state index in [0.717, 1.165) is 17.4 Å². The quantitative estimate of drug-likeness (QED) is 0.164. The number of nitrogens with one attached hydrogen (secondary N) is 1. The molecule has 1 aromatic carbocycles. The molecule has 30 heavy (non-hydrogen) atoms. The molecule has 1 fully saturated rings. The number of β-lactam (4-membered cyclic amide) rings is 1. The molecule has 1 aliphatic rings. The second-order valence-corrected chi connectivity index (χ2v) is 7.70. The number of carbonyl (C=O) groups excluding carboxylic acids is 4. The van der Waals surface area contributed by atoms with Crippen LogP contribution in [0.3, 0.4) is 0 Å². The first kappa shape index (κ1) is 21.4. The van der Waals surface area contributed by atoms with E-state index in [1.54, 1.807) is 6.08 Å². The number of hydrogen-bond donors (Lipinski definition) is 2. The monoisotopic (exact) mass is 427 g/mol. The van der Waals surface area contributed by atoms with E-state index in [0.29, 0.717) is 5.01 Å². The van der Waals surface area contributed by atoms with Crippen LogP contribution in [-0.4, -0.2) is 40.8 Å². The Morgan fingerprint density at radius 2 is 1.97 bits per heavy atom. The van der Waals surface area contributed by atoms with E-state index in [9.17, 15) is 19.2 Å². The minimum Gasteiger partial charge on any atom is -0.439 e. The van der Waals surface area contributed by atoms with Gasteiger partial charge in [0.05, 0.1) is 6.04 Å². The molecule has 8 nitrogen and oxygen atoms in total. The molecule has 0 saturated carbocycles. The summed E-state index contributed by atoms with van der Waals surface area (Å²) in [5.74, 6) is 1.94. The molecule has 9 heteroatoms. The van der Waals surface area contributed by atoms with E-state index in [4.69, 9.17) is 10.6 Å². The summed E-state index contributed by atoms with van der Waals surface area (Å²) in [6, 6.07) is 11.8. The van der Waals surface area contributed by atoms with E-state index in [1.165, 1.54) is 17.4 Å². The van der Waals surface area contributed by atoms with Crippen molar-refractivity contribution in [3.05, 3.63) is 64.4 Å². The van der Waals surface area contributed by atoms with Crippen LogP contribution in [0.2, 0.25) is 0 Å². The van der Waals surface area contributed by atoms with Crippen molar-refractivity contribution in [1.29, 1.82) is 0 Å². The van der Waals surface area contributed by atoms with E-state index in [1.807, 2.05) is 47.8 Å². The third kappa shape index (κ3) is 5.00. The third-order valence-corrected chi connectivity index (χ3v) is 5.40. The largest absolute Gasteiger partial charge is 0.439 e. The average Bonchev–Trinajstić information content (AvgIpc) is 3.25. The van der Waals surface area contributed by atoms with Gasteiger partial charge in [-0.2, -0.15) is 0 Å². The molecule has 0 spiro atoms. The van der Waals surface area contributed by atoms with Crippen LogP contribution in [0.25, 0.3) is 6.08 Å². The lowest BCUT2D eigenvalue weighted by Crippen LogP contribution is -2.69. The van der Waals surface area contributed by atoms with Gasteiger partial charge in [0.2, 0.25) is 12.1 Å². The van der Waals surface area contributed by atoms with Crippen molar-refractivity contribution in [2.75, 3.05) is 0 Å². The second kappa shape index (κ2) is 9.47. The van der Waals surface area contributed by atoms with Gasteiger partial charge in [0.25, 0.3) is 5.91 Å². The topological polar surface area (TPSA) is 119 Å². The van der Waals surface area contributed by atoms with Crippen molar-refractivity contribution < 1.29 is 23.9 Å². The highest BCUT2D eigenvalue weighted by Gasteiger charge is 2.54. The van der Waals surface area contributed by atoms with Gasteiger partial charge in [-0.1, -0.05) is 36.4 Å². The fourth-order valence-corrected chi connectivity index (χ4v) is 3.71. The Kier molecular flexibility index (Phi) is 6.76. The summed E-state index contributed by atoms with van der Waals surface area (Å²) in [5, 5.41) is 5.26. The Balaban J connectivity index is 1.78. The number of hydrazine groups is 1. The molecular formula is C21H21N3O5S. The number of nitrogens with zero attached hydrogens (tertiary/aromatic N) is 1. The molecule has 0 unspecified atom stereocenters. The number of esters is 1. The first-order chi connectivity index (χ1) is 14.4.